The highest BCUT2D eigenvalue weighted by Gasteiger charge is 2.32. The molecule has 0 aromatic carbocycles. The number of carbonyl (C=O) groups excluding carboxylic acids is 3. The standard InChI is InChI=1S/C16H19N3O5/c1-3-10-13(15(21)23-4-2)12(19-16(22)18-10)9-24-14(20)11-7-5-6-8-17-11/h5-8,10H,3-4,9H2,1-2H3,(H2,18,19,22)/t10-/m1/s1. The van der Waals surface area contributed by atoms with Gasteiger partial charge in [-0.1, -0.05) is 13.0 Å². The zero-order chi connectivity index (χ0) is 17.5. The number of carbonyl (C=O) groups is 3. The van der Waals surface area contributed by atoms with Gasteiger partial charge in [-0.3, -0.25) is 0 Å². The minimum absolute atomic E-state index is 0.142. The molecule has 24 heavy (non-hydrogen) atoms. The maximum absolute atomic E-state index is 12.2. The molecule has 0 saturated carbocycles. The number of hydrogen-bond acceptors (Lipinski definition) is 6. The summed E-state index contributed by atoms with van der Waals surface area (Å²) >= 11 is 0. The second kappa shape index (κ2) is 8.09. The van der Waals surface area contributed by atoms with E-state index in [-0.39, 0.29) is 30.2 Å². The molecule has 0 fully saturated rings. The lowest BCUT2D eigenvalue weighted by Gasteiger charge is -2.28. The molecule has 0 aliphatic carbocycles. The Morgan fingerprint density at radius 2 is 2.00 bits per heavy atom. The van der Waals surface area contributed by atoms with Crippen LogP contribution in [0.25, 0.3) is 0 Å². The van der Waals surface area contributed by atoms with Crippen LogP contribution < -0.4 is 10.6 Å². The third kappa shape index (κ3) is 4.09. The first-order valence-corrected chi connectivity index (χ1v) is 7.62. The quantitative estimate of drug-likeness (QED) is 0.756. The van der Waals surface area contributed by atoms with Gasteiger partial charge in [0.2, 0.25) is 0 Å². The number of urea groups is 1. The first-order valence-electron chi connectivity index (χ1n) is 7.62. The zero-order valence-corrected chi connectivity index (χ0v) is 13.5. The average Bonchev–Trinajstić information content (AvgIpc) is 2.59. The van der Waals surface area contributed by atoms with Crippen LogP contribution in [-0.2, 0) is 14.3 Å². The van der Waals surface area contributed by atoms with Crippen molar-refractivity contribution in [2.75, 3.05) is 13.2 Å². The Kier molecular flexibility index (Phi) is 5.89. The van der Waals surface area contributed by atoms with E-state index in [9.17, 15) is 14.4 Å². The van der Waals surface area contributed by atoms with E-state index >= 15 is 0 Å². The highest BCUT2D eigenvalue weighted by atomic mass is 16.5. The number of ether oxygens (including phenoxy) is 2. The topological polar surface area (TPSA) is 107 Å². The van der Waals surface area contributed by atoms with Crippen LogP contribution in [-0.4, -0.2) is 42.2 Å². The van der Waals surface area contributed by atoms with Gasteiger partial charge in [0.25, 0.3) is 0 Å². The Morgan fingerprint density at radius 1 is 1.21 bits per heavy atom. The fourth-order valence-corrected chi connectivity index (χ4v) is 2.27. The van der Waals surface area contributed by atoms with Gasteiger partial charge >= 0.3 is 18.0 Å². The fraction of sp³-hybridized carbons (Fsp3) is 0.375. The van der Waals surface area contributed by atoms with E-state index in [1.165, 1.54) is 12.3 Å². The molecule has 2 amide bonds. The normalized spacial score (nSPS) is 16.9. The van der Waals surface area contributed by atoms with Gasteiger partial charge in [0, 0.05) is 6.20 Å². The van der Waals surface area contributed by atoms with Crippen molar-refractivity contribution in [3.8, 4) is 0 Å². The Balaban J connectivity index is 2.19. The van der Waals surface area contributed by atoms with Gasteiger partial charge in [-0.25, -0.2) is 19.4 Å². The molecule has 2 rings (SSSR count). The van der Waals surface area contributed by atoms with E-state index in [0.717, 1.165) is 0 Å². The number of esters is 2. The molecule has 8 nitrogen and oxygen atoms in total. The van der Waals surface area contributed by atoms with Crippen molar-refractivity contribution < 1.29 is 23.9 Å². The van der Waals surface area contributed by atoms with Gasteiger partial charge in [0.15, 0.2) is 0 Å². The SMILES string of the molecule is CCOC(=O)C1=C(COC(=O)c2ccccn2)NC(=O)N[C@@H]1CC. The van der Waals surface area contributed by atoms with Crippen LogP contribution in [0.2, 0.25) is 0 Å². The molecule has 2 heterocycles. The molecule has 1 aliphatic rings. The molecule has 1 aromatic heterocycles. The third-order valence-electron chi connectivity index (χ3n) is 3.37. The van der Waals surface area contributed by atoms with Crippen LogP contribution in [0.1, 0.15) is 30.8 Å². The predicted octanol–water partition coefficient (Wildman–Crippen LogP) is 1.15. The molecule has 0 unspecified atom stereocenters. The maximum Gasteiger partial charge on any atom is 0.357 e. The Morgan fingerprint density at radius 3 is 2.62 bits per heavy atom. The van der Waals surface area contributed by atoms with Crippen LogP contribution in [0.5, 0.6) is 0 Å². The Bertz CT molecular complexity index is 657. The largest absolute Gasteiger partial charge is 0.463 e. The minimum atomic E-state index is -0.646. The molecule has 1 aromatic rings. The Labute approximate surface area is 139 Å². The number of nitrogens with zero attached hydrogens (tertiary/aromatic N) is 1. The van der Waals surface area contributed by atoms with Gasteiger partial charge in [-0.15, -0.1) is 0 Å². The smallest absolute Gasteiger partial charge is 0.357 e. The van der Waals surface area contributed by atoms with Crippen molar-refractivity contribution in [3.63, 3.8) is 0 Å². The van der Waals surface area contributed by atoms with E-state index in [4.69, 9.17) is 9.47 Å². The highest BCUT2D eigenvalue weighted by molar-refractivity contribution is 5.95. The molecule has 1 aliphatic heterocycles. The number of nitrogens with one attached hydrogen (secondary N) is 2. The maximum atomic E-state index is 12.2. The molecule has 128 valence electrons. The lowest BCUT2D eigenvalue weighted by Crippen LogP contribution is -2.51. The van der Waals surface area contributed by atoms with Gasteiger partial charge < -0.3 is 20.1 Å². The summed E-state index contributed by atoms with van der Waals surface area (Å²) < 4.78 is 10.2. The average molecular weight is 333 g/mol. The van der Waals surface area contributed by atoms with Crippen molar-refractivity contribution in [2.45, 2.75) is 26.3 Å². The summed E-state index contributed by atoms with van der Waals surface area (Å²) in [6.07, 6.45) is 1.97. The molecular weight excluding hydrogens is 314 g/mol. The van der Waals surface area contributed by atoms with Gasteiger partial charge in [-0.05, 0) is 25.5 Å². The van der Waals surface area contributed by atoms with E-state index in [1.54, 1.807) is 19.1 Å². The van der Waals surface area contributed by atoms with E-state index in [0.29, 0.717) is 6.42 Å². The summed E-state index contributed by atoms with van der Waals surface area (Å²) in [7, 11) is 0. The minimum Gasteiger partial charge on any atom is -0.463 e. The van der Waals surface area contributed by atoms with Gasteiger partial charge in [0.1, 0.15) is 12.3 Å². The van der Waals surface area contributed by atoms with Crippen LogP contribution >= 0.6 is 0 Å². The van der Waals surface area contributed by atoms with Crippen molar-refractivity contribution >= 4 is 18.0 Å². The van der Waals surface area contributed by atoms with Crippen molar-refractivity contribution in [2.24, 2.45) is 0 Å². The van der Waals surface area contributed by atoms with Crippen LogP contribution in [0, 0.1) is 0 Å². The number of aromatic nitrogens is 1. The second-order valence-corrected chi connectivity index (χ2v) is 4.96. The first kappa shape index (κ1) is 17.5. The van der Waals surface area contributed by atoms with E-state index in [2.05, 4.69) is 15.6 Å². The summed E-state index contributed by atoms with van der Waals surface area (Å²) in [6, 6.07) is 3.89. The fourth-order valence-electron chi connectivity index (χ4n) is 2.27. The van der Waals surface area contributed by atoms with Crippen LogP contribution in [0.15, 0.2) is 35.7 Å². The number of pyridine rings is 1. The summed E-state index contributed by atoms with van der Waals surface area (Å²) in [5.74, 6) is -1.20. The summed E-state index contributed by atoms with van der Waals surface area (Å²) in [5, 5.41) is 5.15. The first-order chi connectivity index (χ1) is 11.6. The molecule has 0 bridgehead atoms. The van der Waals surface area contributed by atoms with Crippen LogP contribution in [0.4, 0.5) is 4.79 Å². The monoisotopic (exact) mass is 333 g/mol. The molecule has 2 N–H and O–H groups in total. The highest BCUT2D eigenvalue weighted by Crippen LogP contribution is 2.17. The van der Waals surface area contributed by atoms with Crippen molar-refractivity contribution in [1.29, 1.82) is 0 Å². The van der Waals surface area contributed by atoms with E-state index in [1.807, 2.05) is 6.92 Å². The zero-order valence-electron chi connectivity index (χ0n) is 13.5. The number of rotatable bonds is 6. The number of hydrogen-bond donors (Lipinski definition) is 2. The van der Waals surface area contributed by atoms with Crippen molar-refractivity contribution in [3.05, 3.63) is 41.4 Å². The summed E-state index contributed by atoms with van der Waals surface area (Å²) in [6.45, 7) is 3.46. The number of amides is 2. The molecule has 0 spiro atoms. The van der Waals surface area contributed by atoms with Crippen LogP contribution in [0.3, 0.4) is 0 Å². The molecular formula is C16H19N3O5. The second-order valence-electron chi connectivity index (χ2n) is 4.96. The van der Waals surface area contributed by atoms with Gasteiger partial charge in [-0.2, -0.15) is 0 Å². The summed E-state index contributed by atoms with van der Waals surface area (Å²) in [5.41, 5.74) is 0.615. The predicted molar refractivity (Wildman–Crippen MR) is 83.9 cm³/mol. The molecule has 0 saturated heterocycles. The lowest BCUT2D eigenvalue weighted by molar-refractivity contribution is -0.139. The molecule has 8 heteroatoms. The summed E-state index contributed by atoms with van der Waals surface area (Å²) in [4.78, 5) is 39.8. The van der Waals surface area contributed by atoms with Gasteiger partial charge in [0.05, 0.1) is 23.9 Å². The molecule has 1 atom stereocenters. The van der Waals surface area contributed by atoms with E-state index < -0.39 is 24.0 Å². The third-order valence-corrected chi connectivity index (χ3v) is 3.37. The lowest BCUT2D eigenvalue weighted by atomic mass is 10.0. The molecule has 0 radical (unpaired) electrons. The van der Waals surface area contributed by atoms with Crippen molar-refractivity contribution in [1.82, 2.24) is 15.6 Å². The Hall–Kier alpha value is -2.90.